The first-order valence-electron chi connectivity index (χ1n) is 4.96. The highest BCUT2D eigenvalue weighted by atomic mass is 19.4. The summed E-state index contributed by atoms with van der Waals surface area (Å²) in [4.78, 5) is 14.3. The number of rotatable bonds is 3. The summed E-state index contributed by atoms with van der Waals surface area (Å²) in [6.07, 6.45) is -5.45. The molecule has 0 atom stereocenters. The highest BCUT2D eigenvalue weighted by Gasteiger charge is 2.76. The van der Waals surface area contributed by atoms with Gasteiger partial charge < -0.3 is 5.32 Å². The van der Waals surface area contributed by atoms with Gasteiger partial charge in [0.15, 0.2) is 0 Å². The Hall–Kier alpha value is -1.87. The summed E-state index contributed by atoms with van der Waals surface area (Å²) in [5.74, 6) is -15.8. The van der Waals surface area contributed by atoms with Crippen molar-refractivity contribution >= 4 is 11.7 Å². The average molecular weight is 304 g/mol. The molecule has 1 aromatic rings. The van der Waals surface area contributed by atoms with Gasteiger partial charge in [-0.2, -0.15) is 30.7 Å². The summed E-state index contributed by atoms with van der Waals surface area (Å²) in [5.41, 5.74) is 0.565. The molecule has 1 amide bonds. The lowest BCUT2D eigenvalue weighted by atomic mass is 10.1. The first kappa shape index (κ1) is 16.2. The number of hydrogen-bond donors (Lipinski definition) is 1. The van der Waals surface area contributed by atoms with Crippen molar-refractivity contribution in [1.82, 2.24) is 4.98 Å². The maximum absolute atomic E-state index is 12.9. The topological polar surface area (TPSA) is 42.0 Å². The zero-order valence-electron chi connectivity index (χ0n) is 9.73. The lowest BCUT2D eigenvalue weighted by Crippen LogP contribution is -2.57. The Morgan fingerprint density at radius 1 is 1.10 bits per heavy atom. The Bertz CT molecular complexity index is 495. The van der Waals surface area contributed by atoms with E-state index >= 15 is 0 Å². The van der Waals surface area contributed by atoms with E-state index in [1.807, 2.05) is 0 Å². The molecule has 0 aromatic carbocycles. The molecule has 0 spiro atoms. The van der Waals surface area contributed by atoms with Gasteiger partial charge >= 0.3 is 23.9 Å². The average Bonchev–Trinajstić information content (AvgIpc) is 2.30. The van der Waals surface area contributed by atoms with E-state index in [9.17, 15) is 35.5 Å². The Morgan fingerprint density at radius 3 is 2.05 bits per heavy atom. The van der Waals surface area contributed by atoms with Crippen molar-refractivity contribution in [3.63, 3.8) is 0 Å². The zero-order valence-corrected chi connectivity index (χ0v) is 9.73. The third-order valence-electron chi connectivity index (χ3n) is 2.19. The molecule has 0 saturated heterocycles. The fourth-order valence-corrected chi connectivity index (χ4v) is 1.06. The molecule has 1 heterocycles. The van der Waals surface area contributed by atoms with E-state index in [0.717, 1.165) is 12.3 Å². The molecule has 0 aliphatic rings. The summed E-state index contributed by atoms with van der Waals surface area (Å²) in [6.45, 7) is 1.56. The maximum atomic E-state index is 12.9. The number of hydrogen-bond acceptors (Lipinski definition) is 2. The van der Waals surface area contributed by atoms with Crippen molar-refractivity contribution in [3.8, 4) is 0 Å². The van der Waals surface area contributed by atoms with Gasteiger partial charge in [-0.25, -0.2) is 4.98 Å². The summed E-state index contributed by atoms with van der Waals surface area (Å²) in [7, 11) is 0. The van der Waals surface area contributed by atoms with Crippen LogP contribution >= 0.6 is 0 Å². The van der Waals surface area contributed by atoms with Crippen molar-refractivity contribution in [2.75, 3.05) is 5.32 Å². The van der Waals surface area contributed by atoms with Crippen LogP contribution in [0.5, 0.6) is 0 Å². The molecular formula is C10H7F7N2O. The third-order valence-corrected chi connectivity index (χ3v) is 2.19. The van der Waals surface area contributed by atoms with Crippen LogP contribution in [0, 0.1) is 6.92 Å². The molecule has 1 N–H and O–H groups in total. The van der Waals surface area contributed by atoms with E-state index in [0.29, 0.717) is 5.56 Å². The van der Waals surface area contributed by atoms with Gasteiger partial charge in [0.1, 0.15) is 5.82 Å². The van der Waals surface area contributed by atoms with Gasteiger partial charge in [0.25, 0.3) is 0 Å². The summed E-state index contributed by atoms with van der Waals surface area (Å²) in [5, 5.41) is 1.21. The predicted octanol–water partition coefficient (Wildman–Crippen LogP) is 3.16. The van der Waals surface area contributed by atoms with Crippen LogP contribution in [0.15, 0.2) is 18.3 Å². The van der Waals surface area contributed by atoms with E-state index in [1.54, 1.807) is 6.92 Å². The SMILES string of the molecule is Cc1ccc(NC(=O)C(F)(F)C(F)(F)C(F)(F)F)nc1. The first-order chi connectivity index (χ1) is 8.89. The Labute approximate surface area is 107 Å². The second kappa shape index (κ2) is 4.91. The number of aryl methyl sites for hydroxylation is 1. The normalized spacial score (nSPS) is 13.2. The smallest absolute Gasteiger partial charge is 0.305 e. The fraction of sp³-hybridized carbons (Fsp3) is 0.400. The number of halogens is 7. The van der Waals surface area contributed by atoms with Crippen molar-refractivity contribution in [2.45, 2.75) is 24.9 Å². The minimum absolute atomic E-state index is 0.565. The molecule has 10 heteroatoms. The molecule has 0 unspecified atom stereocenters. The van der Waals surface area contributed by atoms with Gasteiger partial charge in [-0.15, -0.1) is 0 Å². The van der Waals surface area contributed by atoms with E-state index in [-0.39, 0.29) is 0 Å². The number of pyridine rings is 1. The largest absolute Gasteiger partial charge is 0.460 e. The van der Waals surface area contributed by atoms with Crippen LogP contribution in [-0.2, 0) is 4.79 Å². The van der Waals surface area contributed by atoms with Gasteiger partial charge in [0, 0.05) is 6.20 Å². The number of carbonyl (C=O) groups is 1. The van der Waals surface area contributed by atoms with Crippen molar-refractivity contribution in [3.05, 3.63) is 23.9 Å². The molecule has 0 fully saturated rings. The number of nitrogens with one attached hydrogen (secondary N) is 1. The van der Waals surface area contributed by atoms with Crippen LogP contribution in [-0.4, -0.2) is 28.9 Å². The van der Waals surface area contributed by atoms with E-state index < -0.39 is 29.7 Å². The molecule has 112 valence electrons. The molecule has 0 aliphatic carbocycles. The number of aromatic nitrogens is 1. The number of amides is 1. The van der Waals surface area contributed by atoms with Crippen LogP contribution < -0.4 is 5.32 Å². The van der Waals surface area contributed by atoms with Crippen molar-refractivity contribution < 1.29 is 35.5 Å². The van der Waals surface area contributed by atoms with Gasteiger partial charge in [-0.1, -0.05) is 6.07 Å². The molecular weight excluding hydrogens is 297 g/mol. The molecule has 1 rings (SSSR count). The Morgan fingerprint density at radius 2 is 1.65 bits per heavy atom. The molecule has 1 aromatic heterocycles. The number of anilines is 1. The minimum Gasteiger partial charge on any atom is -0.305 e. The van der Waals surface area contributed by atoms with Crippen LogP contribution in [0.2, 0.25) is 0 Å². The first-order valence-corrected chi connectivity index (χ1v) is 4.96. The summed E-state index contributed by atoms with van der Waals surface area (Å²) < 4.78 is 86.6. The fourth-order valence-electron chi connectivity index (χ4n) is 1.06. The van der Waals surface area contributed by atoms with Crippen LogP contribution in [0.1, 0.15) is 5.56 Å². The summed E-state index contributed by atoms with van der Waals surface area (Å²) >= 11 is 0. The quantitative estimate of drug-likeness (QED) is 0.872. The minimum atomic E-state index is -6.56. The van der Waals surface area contributed by atoms with Crippen molar-refractivity contribution in [2.24, 2.45) is 0 Å². The molecule has 0 radical (unpaired) electrons. The highest BCUT2D eigenvalue weighted by Crippen LogP contribution is 2.46. The monoisotopic (exact) mass is 304 g/mol. The molecule has 0 bridgehead atoms. The number of alkyl halides is 7. The molecule has 20 heavy (non-hydrogen) atoms. The van der Waals surface area contributed by atoms with E-state index in [4.69, 9.17) is 0 Å². The zero-order chi connectivity index (χ0) is 15.8. The van der Waals surface area contributed by atoms with Gasteiger partial charge in [0.05, 0.1) is 0 Å². The van der Waals surface area contributed by atoms with Crippen LogP contribution in [0.25, 0.3) is 0 Å². The lowest BCUT2D eigenvalue weighted by Gasteiger charge is -2.26. The number of nitrogens with zero attached hydrogens (tertiary/aromatic N) is 1. The maximum Gasteiger partial charge on any atom is 0.460 e. The second-order valence-electron chi connectivity index (χ2n) is 3.82. The second-order valence-corrected chi connectivity index (χ2v) is 3.82. The van der Waals surface area contributed by atoms with Gasteiger partial charge in [-0.3, -0.25) is 4.79 Å². The molecule has 0 saturated carbocycles. The Kier molecular flexibility index (Phi) is 3.97. The van der Waals surface area contributed by atoms with E-state index in [2.05, 4.69) is 4.98 Å². The molecule has 3 nitrogen and oxygen atoms in total. The third kappa shape index (κ3) is 2.83. The standard InChI is InChI=1S/C10H7F7N2O/c1-5-2-3-6(18-4-5)19-7(20)8(11,12)9(13,14)10(15,16)17/h2-4H,1H3,(H,18,19,20). The molecule has 0 aliphatic heterocycles. The van der Waals surface area contributed by atoms with Gasteiger partial charge in [0.2, 0.25) is 0 Å². The number of carbonyl (C=O) groups excluding carboxylic acids is 1. The predicted molar refractivity (Wildman–Crippen MR) is 53.6 cm³/mol. The van der Waals surface area contributed by atoms with E-state index in [1.165, 1.54) is 11.4 Å². The van der Waals surface area contributed by atoms with Crippen LogP contribution in [0.3, 0.4) is 0 Å². The van der Waals surface area contributed by atoms with Crippen LogP contribution in [0.4, 0.5) is 36.6 Å². The Balaban J connectivity index is 2.98. The lowest BCUT2D eigenvalue weighted by molar-refractivity contribution is -0.343. The van der Waals surface area contributed by atoms with Gasteiger partial charge in [-0.05, 0) is 18.6 Å². The summed E-state index contributed by atoms with van der Waals surface area (Å²) in [6, 6.07) is 2.28. The van der Waals surface area contributed by atoms with Crippen molar-refractivity contribution in [1.29, 1.82) is 0 Å². The highest BCUT2D eigenvalue weighted by molar-refractivity contribution is 5.96.